The molecule has 16 nitrogen and oxygen atoms in total. The number of carbonyl (C=O) groups excluding carboxylic acids is 9. The largest absolute Gasteiger partial charge is 0.465 e. The predicted octanol–water partition coefficient (Wildman–Crippen LogP) is 20.3. The fourth-order valence-electron chi connectivity index (χ4n) is 7.54. The van der Waals surface area contributed by atoms with Gasteiger partial charge in [-0.25, -0.2) is 31.5 Å². The molecule has 0 aromatic heterocycles. The number of rotatable bonds is 14. The number of benzene rings is 9. The number of halogens is 17. The zero-order valence-corrected chi connectivity index (χ0v) is 64.6. The third-order valence-corrected chi connectivity index (χ3v) is 14.4. The van der Waals surface area contributed by atoms with Gasteiger partial charge in [0, 0.05) is 198 Å². The summed E-state index contributed by atoms with van der Waals surface area (Å²) in [4.78, 5) is 89.3. The Morgan fingerprint density at radius 2 is 0.752 bits per heavy atom. The molecular formula is C71H53Ar5Cl5F11IO16. The molecule has 0 unspecified atom stereocenters. The molecule has 0 amide bonds. The molecular weight excluding hydrogens is 1820 g/mol. The van der Waals surface area contributed by atoms with Crippen molar-refractivity contribution in [3.8, 4) is 51.0 Å². The third kappa shape index (κ3) is 40.0. The topological polar surface area (TPSA) is 218 Å². The number of esters is 2. The number of carbonyl (C=O) groups is 7. The van der Waals surface area contributed by atoms with Crippen molar-refractivity contribution in [2.45, 2.75) is 47.5 Å². The van der Waals surface area contributed by atoms with Crippen LogP contribution >= 0.6 is 80.6 Å². The number of hydrogen-bond acceptors (Lipinski definition) is 16. The zero-order valence-electron chi connectivity index (χ0n) is 55.1. The summed E-state index contributed by atoms with van der Waals surface area (Å²) in [6.07, 6.45) is -9.27. The molecule has 9 aromatic rings. The maximum atomic E-state index is 14.3. The van der Waals surface area contributed by atoms with Gasteiger partial charge in [-0.05, 0) is 193 Å². The summed E-state index contributed by atoms with van der Waals surface area (Å²) in [7, 11) is 2.56. The Labute approximate surface area is 805 Å². The molecule has 0 aliphatic rings. The van der Waals surface area contributed by atoms with E-state index >= 15 is 0 Å². The second-order valence-electron chi connectivity index (χ2n) is 19.3. The number of hydrogen-bond donors (Lipinski definition) is 0. The van der Waals surface area contributed by atoms with Gasteiger partial charge in [0.2, 0.25) is 0 Å². The maximum Gasteiger partial charge on any atom is 0.416 e. The van der Waals surface area contributed by atoms with Crippen LogP contribution in [0.3, 0.4) is 0 Å². The van der Waals surface area contributed by atoms with E-state index in [0.717, 1.165) is 6.07 Å². The number of aryl methyl sites for hydroxylation is 4. The van der Waals surface area contributed by atoms with Gasteiger partial charge in [0.05, 0.1) is 61.6 Å². The minimum absolute atomic E-state index is 0. The van der Waals surface area contributed by atoms with Crippen molar-refractivity contribution < 1.29 is 313 Å². The Kier molecular flexibility index (Phi) is 61.8. The van der Waals surface area contributed by atoms with Crippen molar-refractivity contribution in [2.24, 2.45) is 0 Å². The minimum atomic E-state index is -4.76. The van der Waals surface area contributed by atoms with Gasteiger partial charge in [0.15, 0.2) is 57.8 Å². The van der Waals surface area contributed by atoms with Crippen molar-refractivity contribution >= 4 is 131 Å². The van der Waals surface area contributed by atoms with Crippen LogP contribution in [0.1, 0.15) is 61.5 Å². The van der Waals surface area contributed by atoms with Gasteiger partial charge in [0.25, 0.3) is 32.4 Å². The van der Waals surface area contributed by atoms with Crippen molar-refractivity contribution in [1.82, 2.24) is 0 Å². The normalized spacial score (nSPS) is 9.46. The zero-order chi connectivity index (χ0) is 77.9. The summed E-state index contributed by atoms with van der Waals surface area (Å²) < 4.78 is 172. The first-order chi connectivity index (χ1) is 48.5. The molecule has 0 aliphatic carbocycles. The van der Waals surface area contributed by atoms with Gasteiger partial charge in [0.1, 0.15) is 0 Å². The Balaban J connectivity index is -0.000000387. The molecule has 38 heteroatoms. The molecule has 0 spiro atoms. The number of ether oxygens (including phenoxy) is 7. The summed E-state index contributed by atoms with van der Waals surface area (Å²) in [5.74, 6) is -5.65. The first kappa shape index (κ1) is 114. The smallest absolute Gasteiger partial charge is 0.416 e. The van der Waals surface area contributed by atoms with E-state index in [9.17, 15) is 81.9 Å². The quantitative estimate of drug-likeness (QED) is 0.0428. The van der Waals surface area contributed by atoms with Gasteiger partial charge in [-0.2, -0.15) is 35.9 Å². The second-order valence-corrected chi connectivity index (χ2v) is 22.6. The molecule has 0 heterocycles. The SMILES string of the molecule is C.COC(=O)c1ccc(-c2cc(F)c(OC=O)c(Cl)c2)cc1.COC(=O)c1ccc(-c2ccc(Cl)c(OC=O)c2F)cc1.Cc1cc(C(F)(F)F)cc(C(F)(F)F)c1.Cc1cc(F)c(OC=O)c(Cl)c1.Cc1ccc(Cl)c(OC=O)c1F.Cc1ccc(I)cc1.O=C=O.O=COc1c(F)cccc1Cl.[Ar].[Ar].[Ar].[Ar].[Ar]. The van der Waals surface area contributed by atoms with Gasteiger partial charge < -0.3 is 33.2 Å². The standard InChI is InChI=1S/2C15H10ClFO4.C9H6F6.2C8H6ClFO2.C7H4ClFO2.C7H7I.CO2.CH4.5Ar/c1-20-15(19)10-4-2-9(3-5-10)11-6-12(16)14(21-8-18)13(17)7-11;1-20-15(19)10-4-2-9(3-5-10)11-6-7-12(16)14(13(11)17)21-8-18;1-5-2-6(8(10,11)12)4-7(3-5)9(13,14)15;1-5-2-6(9)8(12-4-11)7(10)3-5;1-5-2-3-6(9)8(7(5)10)12-4-11;8-5-2-1-3-6(9)7(5)11-4-10;1-6-2-4-7(8)5-3-6;2-1-3;;;;;;/h2*2-8H,1H3;2-4H,1H3;2*2-4H,1H3;1-4H;2-5H,1H3;;1H4;;;;;. The Hall–Kier alpha value is -3.64. The van der Waals surface area contributed by atoms with Crippen LogP contribution in [0.15, 0.2) is 158 Å². The first-order valence-corrected chi connectivity index (χ1v) is 30.7. The van der Waals surface area contributed by atoms with Crippen LogP contribution < -0.4 is 23.7 Å². The van der Waals surface area contributed by atoms with E-state index in [-0.39, 0.29) is 306 Å². The Morgan fingerprint density at radius 1 is 0.394 bits per heavy atom. The van der Waals surface area contributed by atoms with E-state index in [1.807, 2.05) is 0 Å². The summed E-state index contributed by atoms with van der Waals surface area (Å²) in [5, 5.41) is 0.241. The molecule has 9 rings (SSSR count). The van der Waals surface area contributed by atoms with Crippen LogP contribution in [0.2, 0.25) is 25.1 Å². The van der Waals surface area contributed by atoms with Crippen LogP contribution in [-0.4, -0.2) is 64.7 Å². The molecule has 0 bridgehead atoms. The number of para-hydroxylation sites is 1. The van der Waals surface area contributed by atoms with Crippen molar-refractivity contribution in [3.63, 3.8) is 0 Å². The van der Waals surface area contributed by atoms with E-state index in [1.54, 1.807) is 50.2 Å². The van der Waals surface area contributed by atoms with Crippen LogP contribution in [0, 0.1) is 249 Å². The van der Waals surface area contributed by atoms with Gasteiger partial charge in [-0.15, -0.1) is 0 Å². The fraction of sp³-hybridized carbons (Fsp3) is 0.127. The second kappa shape index (κ2) is 59.1. The molecule has 109 heavy (non-hydrogen) atoms. The van der Waals surface area contributed by atoms with Crippen molar-refractivity contribution in [3.05, 3.63) is 260 Å². The predicted molar refractivity (Wildman–Crippen MR) is 370 cm³/mol. The molecule has 0 atom stereocenters. The van der Waals surface area contributed by atoms with E-state index in [2.05, 4.69) is 86.9 Å². The summed E-state index contributed by atoms with van der Waals surface area (Å²) >= 11 is 30.6. The van der Waals surface area contributed by atoms with Gasteiger partial charge in [-0.3, -0.25) is 24.0 Å². The first-order valence-electron chi connectivity index (χ1n) is 27.7. The number of alkyl halides is 6. The van der Waals surface area contributed by atoms with Crippen LogP contribution in [0.25, 0.3) is 22.3 Å². The van der Waals surface area contributed by atoms with Crippen LogP contribution in [0.5, 0.6) is 28.7 Å². The summed E-state index contributed by atoms with van der Waals surface area (Å²) in [6.45, 7) is 7.15. The molecule has 0 saturated carbocycles. The fourth-order valence-corrected chi connectivity index (χ4v) is 9.05. The molecule has 9 aromatic carbocycles. The molecule has 0 N–H and O–H groups in total. The molecule has 592 valence electrons. The molecule has 0 radical (unpaired) electrons. The number of methoxy groups -OCH3 is 2. The van der Waals surface area contributed by atoms with Crippen LogP contribution in [-0.2, 0) is 55.4 Å². The average molecular weight is 1880 g/mol. The Morgan fingerprint density at radius 3 is 1.13 bits per heavy atom. The molecule has 0 saturated heterocycles. The average Bonchev–Trinajstić information content (AvgIpc) is 0.820. The van der Waals surface area contributed by atoms with Crippen molar-refractivity contribution in [1.29, 1.82) is 0 Å². The third-order valence-electron chi connectivity index (χ3n) is 12.2. The Bertz CT molecular complexity index is 4300. The van der Waals surface area contributed by atoms with Crippen molar-refractivity contribution in [2.75, 3.05) is 14.2 Å². The summed E-state index contributed by atoms with van der Waals surface area (Å²) in [5.41, 5.74) is 2.33. The van der Waals surface area contributed by atoms with E-state index in [0.29, 0.717) is 51.1 Å². The van der Waals surface area contributed by atoms with Gasteiger partial charge in [-0.1, -0.05) is 120 Å². The molecule has 0 aliphatic heterocycles. The van der Waals surface area contributed by atoms with E-state index in [1.165, 1.54) is 103 Å². The summed E-state index contributed by atoms with van der Waals surface area (Å²) in [6, 6.07) is 37.7. The maximum absolute atomic E-state index is 14.3. The van der Waals surface area contributed by atoms with Gasteiger partial charge >= 0.3 is 30.4 Å². The monoisotopic (exact) mass is 1870 g/mol. The van der Waals surface area contributed by atoms with E-state index < -0.39 is 64.5 Å². The van der Waals surface area contributed by atoms with Crippen LogP contribution in [0.4, 0.5) is 48.3 Å². The minimum Gasteiger partial charge on any atom is -0.465 e. The van der Waals surface area contributed by atoms with E-state index in [4.69, 9.17) is 67.6 Å². The molecule has 0 fully saturated rings.